The van der Waals surface area contributed by atoms with Gasteiger partial charge in [-0.1, -0.05) is 24.3 Å². The van der Waals surface area contributed by atoms with E-state index in [-0.39, 0.29) is 0 Å². The predicted molar refractivity (Wildman–Crippen MR) is 145 cm³/mol. The summed E-state index contributed by atoms with van der Waals surface area (Å²) in [5.74, 6) is 0.883. The molecular weight excluding hydrogens is 448 g/mol. The summed E-state index contributed by atoms with van der Waals surface area (Å²) >= 11 is 0. The zero-order valence-corrected chi connectivity index (χ0v) is 20.6. The Balaban J connectivity index is 1.42. The Bertz CT molecular complexity index is 1440. The molecule has 7 heteroatoms. The molecular formula is C29H30N6O. The number of anilines is 2. The van der Waals surface area contributed by atoms with Crippen LogP contribution in [0.2, 0.25) is 0 Å². The predicted octanol–water partition coefficient (Wildman–Crippen LogP) is 5.07. The Morgan fingerprint density at radius 1 is 1.14 bits per heavy atom. The van der Waals surface area contributed by atoms with Crippen molar-refractivity contribution in [1.82, 2.24) is 20.2 Å². The van der Waals surface area contributed by atoms with Gasteiger partial charge in [0.15, 0.2) is 0 Å². The number of nitrogens with zero attached hydrogens (tertiary/aromatic N) is 3. The van der Waals surface area contributed by atoms with Crippen LogP contribution in [0.5, 0.6) is 5.75 Å². The summed E-state index contributed by atoms with van der Waals surface area (Å²) < 4.78 is 5.71. The van der Waals surface area contributed by atoms with Crippen LogP contribution < -0.4 is 15.4 Å². The van der Waals surface area contributed by atoms with Gasteiger partial charge in [-0.15, -0.1) is 0 Å². The molecule has 0 atom stereocenters. The minimum atomic E-state index is 0.495. The van der Waals surface area contributed by atoms with Gasteiger partial charge in [0, 0.05) is 79.0 Å². The Labute approximate surface area is 211 Å². The van der Waals surface area contributed by atoms with Gasteiger partial charge in [-0.05, 0) is 42.3 Å². The van der Waals surface area contributed by atoms with Crippen molar-refractivity contribution in [3.8, 4) is 11.8 Å². The molecule has 0 bridgehead atoms. The van der Waals surface area contributed by atoms with Crippen molar-refractivity contribution in [3.63, 3.8) is 0 Å². The van der Waals surface area contributed by atoms with Crippen LogP contribution in [-0.2, 0) is 6.54 Å². The number of hydrogen-bond acceptors (Lipinski definition) is 6. The first kappa shape index (κ1) is 23.6. The Hall–Kier alpha value is -4.12. The molecule has 1 saturated heterocycles. The SMILES string of the molecule is COc1cc(/C=C/c2cncc(C#N)c2Nc2ccc3[nH]ccc3c2C)ccc1CN1CCNCC1. The maximum atomic E-state index is 9.76. The highest BCUT2D eigenvalue weighted by Gasteiger charge is 2.14. The molecule has 0 spiro atoms. The fourth-order valence-corrected chi connectivity index (χ4v) is 4.67. The van der Waals surface area contributed by atoms with E-state index in [4.69, 9.17) is 4.74 Å². The first-order chi connectivity index (χ1) is 17.7. The van der Waals surface area contributed by atoms with E-state index in [0.29, 0.717) is 5.56 Å². The molecule has 0 radical (unpaired) electrons. The van der Waals surface area contributed by atoms with Crippen molar-refractivity contribution < 1.29 is 4.74 Å². The van der Waals surface area contributed by atoms with Gasteiger partial charge in [-0.3, -0.25) is 9.88 Å². The molecule has 2 aromatic heterocycles. The number of ether oxygens (including phenoxy) is 1. The lowest BCUT2D eigenvalue weighted by Gasteiger charge is -2.27. The van der Waals surface area contributed by atoms with Crippen LogP contribution >= 0.6 is 0 Å². The minimum absolute atomic E-state index is 0.495. The van der Waals surface area contributed by atoms with E-state index < -0.39 is 0 Å². The van der Waals surface area contributed by atoms with E-state index in [1.54, 1.807) is 19.5 Å². The maximum Gasteiger partial charge on any atom is 0.123 e. The lowest BCUT2D eigenvalue weighted by Crippen LogP contribution is -2.42. The molecule has 36 heavy (non-hydrogen) atoms. The highest BCUT2D eigenvalue weighted by atomic mass is 16.5. The zero-order valence-electron chi connectivity index (χ0n) is 20.6. The molecule has 0 amide bonds. The third-order valence-corrected chi connectivity index (χ3v) is 6.73. The standard InChI is InChI=1S/C29H30N6O/c1-20-25-9-10-33-27(25)8-7-26(20)34-29-22(17-32-18-24(29)16-30)5-3-21-4-6-23(28(15-21)36-2)19-35-13-11-31-12-14-35/h3-10,15,17-18,31,33H,11-14,19H2,1-2H3,(H,32,34)/b5-3+. The first-order valence-electron chi connectivity index (χ1n) is 12.2. The Kier molecular flexibility index (Phi) is 6.99. The average Bonchev–Trinajstić information content (AvgIpc) is 3.40. The van der Waals surface area contributed by atoms with E-state index in [1.165, 1.54) is 5.56 Å². The Morgan fingerprint density at radius 2 is 2.00 bits per heavy atom. The van der Waals surface area contributed by atoms with Crippen LogP contribution in [0.1, 0.15) is 27.8 Å². The summed E-state index contributed by atoms with van der Waals surface area (Å²) in [7, 11) is 1.72. The number of nitrogens with one attached hydrogen (secondary N) is 3. The van der Waals surface area contributed by atoms with Crippen LogP contribution in [0.4, 0.5) is 11.4 Å². The number of methoxy groups -OCH3 is 1. The summed E-state index contributed by atoms with van der Waals surface area (Å²) in [5.41, 5.74) is 7.44. The molecule has 3 heterocycles. The van der Waals surface area contributed by atoms with Gasteiger partial charge in [-0.2, -0.15) is 5.26 Å². The summed E-state index contributed by atoms with van der Waals surface area (Å²) in [6.45, 7) is 7.08. The van der Waals surface area contributed by atoms with E-state index >= 15 is 0 Å². The topological polar surface area (TPSA) is 89.0 Å². The molecule has 1 fully saturated rings. The molecule has 7 nitrogen and oxygen atoms in total. The molecule has 2 aromatic carbocycles. The van der Waals surface area contributed by atoms with Crippen LogP contribution in [0, 0.1) is 18.3 Å². The van der Waals surface area contributed by atoms with Crippen molar-refractivity contribution in [1.29, 1.82) is 5.26 Å². The van der Waals surface area contributed by atoms with Crippen molar-refractivity contribution >= 4 is 34.4 Å². The Morgan fingerprint density at radius 3 is 2.81 bits per heavy atom. The number of aromatic nitrogens is 2. The zero-order chi connectivity index (χ0) is 24.9. The number of aryl methyl sites for hydroxylation is 1. The van der Waals surface area contributed by atoms with Gasteiger partial charge < -0.3 is 20.4 Å². The summed E-state index contributed by atoms with van der Waals surface area (Å²) in [4.78, 5) is 9.97. The number of H-pyrrole nitrogens is 1. The van der Waals surface area contributed by atoms with Gasteiger partial charge in [-0.25, -0.2) is 0 Å². The van der Waals surface area contributed by atoms with Crippen LogP contribution in [0.3, 0.4) is 0 Å². The van der Waals surface area contributed by atoms with E-state index in [1.807, 2.05) is 30.5 Å². The summed E-state index contributed by atoms with van der Waals surface area (Å²) in [6.07, 6.45) is 9.33. The van der Waals surface area contributed by atoms with Gasteiger partial charge in [0.1, 0.15) is 11.8 Å². The van der Waals surface area contributed by atoms with Crippen LogP contribution in [-0.4, -0.2) is 48.2 Å². The fourth-order valence-electron chi connectivity index (χ4n) is 4.67. The number of fused-ring (bicyclic) bond motifs is 1. The third kappa shape index (κ3) is 4.96. The molecule has 0 saturated carbocycles. The number of pyridine rings is 1. The number of nitriles is 1. The molecule has 4 aromatic rings. The fraction of sp³-hybridized carbons (Fsp3) is 0.241. The number of benzene rings is 2. The average molecular weight is 479 g/mol. The monoisotopic (exact) mass is 478 g/mol. The van der Waals surface area contributed by atoms with Crippen molar-refractivity contribution in [2.24, 2.45) is 0 Å². The van der Waals surface area contributed by atoms with Gasteiger partial charge >= 0.3 is 0 Å². The second-order valence-electron chi connectivity index (χ2n) is 9.00. The minimum Gasteiger partial charge on any atom is -0.496 e. The van der Waals surface area contributed by atoms with Crippen LogP contribution in [0.15, 0.2) is 55.0 Å². The summed E-state index contributed by atoms with van der Waals surface area (Å²) in [6, 6.07) is 14.7. The molecule has 5 rings (SSSR count). The molecule has 1 aliphatic rings. The lowest BCUT2D eigenvalue weighted by molar-refractivity contribution is 0.230. The summed E-state index contributed by atoms with van der Waals surface area (Å²) in [5, 5.41) is 17.8. The third-order valence-electron chi connectivity index (χ3n) is 6.73. The molecule has 182 valence electrons. The van der Waals surface area contributed by atoms with Crippen LogP contribution in [0.25, 0.3) is 23.1 Å². The highest BCUT2D eigenvalue weighted by molar-refractivity contribution is 5.90. The molecule has 1 aliphatic heterocycles. The quantitative estimate of drug-likeness (QED) is 0.344. The van der Waals surface area contributed by atoms with E-state index in [0.717, 1.165) is 77.4 Å². The van der Waals surface area contributed by atoms with Gasteiger partial charge in [0.25, 0.3) is 0 Å². The number of rotatable bonds is 7. The smallest absolute Gasteiger partial charge is 0.123 e. The number of hydrogen-bond donors (Lipinski definition) is 3. The second kappa shape index (κ2) is 10.6. The molecule has 3 N–H and O–H groups in total. The van der Waals surface area contributed by atoms with Crippen molar-refractivity contribution in [3.05, 3.63) is 82.8 Å². The number of aromatic amines is 1. The van der Waals surface area contributed by atoms with Crippen molar-refractivity contribution in [2.45, 2.75) is 13.5 Å². The highest BCUT2D eigenvalue weighted by Crippen LogP contribution is 2.31. The second-order valence-corrected chi connectivity index (χ2v) is 9.00. The first-order valence-corrected chi connectivity index (χ1v) is 12.2. The van der Waals surface area contributed by atoms with E-state index in [9.17, 15) is 5.26 Å². The molecule has 0 aliphatic carbocycles. The van der Waals surface area contributed by atoms with E-state index in [2.05, 4.69) is 62.8 Å². The van der Waals surface area contributed by atoms with Gasteiger partial charge in [0.05, 0.1) is 18.4 Å². The largest absolute Gasteiger partial charge is 0.496 e. The van der Waals surface area contributed by atoms with Crippen molar-refractivity contribution in [2.75, 3.05) is 38.6 Å². The maximum absolute atomic E-state index is 9.76. The number of piperazine rings is 1. The lowest BCUT2D eigenvalue weighted by atomic mass is 10.1. The van der Waals surface area contributed by atoms with Gasteiger partial charge in [0.2, 0.25) is 0 Å². The normalized spacial score (nSPS) is 14.2. The molecule has 0 unspecified atom stereocenters.